The van der Waals surface area contributed by atoms with E-state index in [1.54, 1.807) is 11.8 Å². The minimum atomic E-state index is -0.619. The van der Waals surface area contributed by atoms with Gasteiger partial charge < -0.3 is 15.0 Å². The highest BCUT2D eigenvalue weighted by molar-refractivity contribution is 9.10. The van der Waals surface area contributed by atoms with Gasteiger partial charge in [-0.25, -0.2) is 0 Å². The molecule has 2 atom stereocenters. The van der Waals surface area contributed by atoms with Crippen molar-refractivity contribution < 1.29 is 14.3 Å². The molecule has 5 nitrogen and oxygen atoms in total. The molecule has 0 unspecified atom stereocenters. The number of carbonyl (C=O) groups excluding carboxylic acids is 2. The third kappa shape index (κ3) is 7.37. The molecule has 0 saturated heterocycles. The Bertz CT molecular complexity index is 909. The molecule has 0 saturated carbocycles. The van der Waals surface area contributed by atoms with Gasteiger partial charge in [-0.15, -0.1) is 0 Å². The third-order valence-electron chi connectivity index (χ3n) is 5.51. The van der Waals surface area contributed by atoms with Gasteiger partial charge in [-0.3, -0.25) is 9.59 Å². The summed E-state index contributed by atoms with van der Waals surface area (Å²) < 4.78 is 6.65. The Labute approximate surface area is 200 Å². The Morgan fingerprint density at radius 1 is 1.09 bits per heavy atom. The predicted octanol–water partition coefficient (Wildman–Crippen LogP) is 5.46. The van der Waals surface area contributed by atoms with Crippen LogP contribution >= 0.6 is 15.9 Å². The first-order valence-corrected chi connectivity index (χ1v) is 11.9. The van der Waals surface area contributed by atoms with Crippen molar-refractivity contribution in [1.82, 2.24) is 10.2 Å². The van der Waals surface area contributed by atoms with Crippen molar-refractivity contribution in [3.05, 3.63) is 64.1 Å². The van der Waals surface area contributed by atoms with Crippen LogP contribution < -0.4 is 10.1 Å². The summed E-state index contributed by atoms with van der Waals surface area (Å²) in [6.07, 6.45) is 0.826. The number of rotatable bonds is 9. The summed E-state index contributed by atoms with van der Waals surface area (Å²) in [5.74, 6) is 0.189. The van der Waals surface area contributed by atoms with Gasteiger partial charge in [0.25, 0.3) is 5.91 Å². The van der Waals surface area contributed by atoms with Crippen molar-refractivity contribution >= 4 is 27.7 Å². The Morgan fingerprint density at radius 2 is 1.75 bits per heavy atom. The molecular weight excluding hydrogens is 468 g/mol. The lowest BCUT2D eigenvalue weighted by Crippen LogP contribution is -2.50. The normalized spacial score (nSPS) is 13.2. The van der Waals surface area contributed by atoms with Crippen molar-refractivity contribution in [2.45, 2.75) is 72.0 Å². The summed E-state index contributed by atoms with van der Waals surface area (Å²) >= 11 is 3.55. The highest BCUT2D eigenvalue weighted by atomic mass is 79.9. The van der Waals surface area contributed by atoms with Crippen LogP contribution in [-0.4, -0.2) is 35.4 Å². The van der Waals surface area contributed by atoms with Gasteiger partial charge in [0.2, 0.25) is 5.91 Å². The zero-order valence-electron chi connectivity index (χ0n) is 19.9. The molecule has 32 heavy (non-hydrogen) atoms. The summed E-state index contributed by atoms with van der Waals surface area (Å²) in [6.45, 7) is 12.3. The Balaban J connectivity index is 2.16. The maximum Gasteiger partial charge on any atom is 0.261 e. The van der Waals surface area contributed by atoms with E-state index in [0.29, 0.717) is 12.3 Å². The highest BCUT2D eigenvalue weighted by Gasteiger charge is 2.27. The number of nitrogens with one attached hydrogen (secondary N) is 1. The topological polar surface area (TPSA) is 58.6 Å². The number of hydrogen-bond acceptors (Lipinski definition) is 3. The molecule has 0 spiro atoms. The van der Waals surface area contributed by atoms with Crippen LogP contribution in [-0.2, 0) is 21.5 Å². The lowest BCUT2D eigenvalue weighted by molar-refractivity contribution is -0.142. The van der Waals surface area contributed by atoms with E-state index in [1.807, 2.05) is 62.4 Å². The average molecular weight is 503 g/mol. The predicted molar refractivity (Wildman–Crippen MR) is 133 cm³/mol. The van der Waals surface area contributed by atoms with E-state index in [4.69, 9.17) is 4.74 Å². The third-order valence-corrected chi connectivity index (χ3v) is 6.13. The van der Waals surface area contributed by atoms with Crippen molar-refractivity contribution in [2.75, 3.05) is 6.61 Å². The van der Waals surface area contributed by atoms with Crippen LogP contribution in [0.2, 0.25) is 0 Å². The molecule has 174 valence electrons. The molecule has 0 aliphatic carbocycles. The van der Waals surface area contributed by atoms with E-state index in [0.717, 1.165) is 16.5 Å². The number of ether oxygens (including phenoxy) is 1. The zero-order chi connectivity index (χ0) is 23.9. The SMILES string of the molecule is CC[C@H](C)NC(=O)[C@H](C)N(Cc1ccccc1)C(=O)COc1ccc(C(C)(C)C)cc1Br. The molecule has 2 aromatic carbocycles. The van der Waals surface area contributed by atoms with Gasteiger partial charge in [0.1, 0.15) is 11.8 Å². The summed E-state index contributed by atoms with van der Waals surface area (Å²) in [4.78, 5) is 27.5. The minimum absolute atomic E-state index is 0.0156. The van der Waals surface area contributed by atoms with Crippen molar-refractivity contribution in [1.29, 1.82) is 0 Å². The van der Waals surface area contributed by atoms with Crippen LogP contribution in [0.5, 0.6) is 5.75 Å². The fourth-order valence-electron chi connectivity index (χ4n) is 3.14. The van der Waals surface area contributed by atoms with Gasteiger partial charge in [0.15, 0.2) is 6.61 Å². The quantitative estimate of drug-likeness (QED) is 0.495. The lowest BCUT2D eigenvalue weighted by Gasteiger charge is -2.29. The van der Waals surface area contributed by atoms with Crippen LogP contribution in [0.15, 0.2) is 53.0 Å². The first-order chi connectivity index (χ1) is 15.0. The molecule has 0 fully saturated rings. The van der Waals surface area contributed by atoms with E-state index < -0.39 is 6.04 Å². The van der Waals surface area contributed by atoms with Crippen LogP contribution in [0, 0.1) is 0 Å². The van der Waals surface area contributed by atoms with Gasteiger partial charge in [0, 0.05) is 12.6 Å². The summed E-state index contributed by atoms with van der Waals surface area (Å²) in [6, 6.07) is 15.0. The molecule has 2 aromatic rings. The van der Waals surface area contributed by atoms with Gasteiger partial charge in [-0.05, 0) is 64.9 Å². The standard InChI is InChI=1S/C26H35BrN2O3/c1-7-18(2)28-25(31)19(3)29(16-20-11-9-8-10-12-20)24(30)17-32-23-14-13-21(15-22(23)27)26(4,5)6/h8-15,18-19H,7,16-17H2,1-6H3,(H,28,31)/t18-,19-/m0/s1. The van der Waals surface area contributed by atoms with E-state index in [-0.39, 0.29) is 29.9 Å². The molecule has 0 heterocycles. The lowest BCUT2D eigenvalue weighted by atomic mass is 9.87. The molecule has 6 heteroatoms. The molecule has 0 bridgehead atoms. The molecule has 2 amide bonds. The summed E-state index contributed by atoms with van der Waals surface area (Å²) in [7, 11) is 0. The molecule has 0 radical (unpaired) electrons. The first kappa shape index (κ1) is 25.9. The van der Waals surface area contributed by atoms with Crippen LogP contribution in [0.25, 0.3) is 0 Å². The van der Waals surface area contributed by atoms with E-state index >= 15 is 0 Å². The molecular formula is C26H35BrN2O3. The highest BCUT2D eigenvalue weighted by Crippen LogP contribution is 2.31. The Kier molecular flexibility index (Phi) is 9.32. The van der Waals surface area contributed by atoms with Gasteiger partial charge in [-0.1, -0.05) is 64.1 Å². The second-order valence-electron chi connectivity index (χ2n) is 9.18. The Hall–Kier alpha value is -2.34. The maximum atomic E-state index is 13.2. The van der Waals surface area contributed by atoms with Gasteiger partial charge in [-0.2, -0.15) is 0 Å². The zero-order valence-corrected chi connectivity index (χ0v) is 21.5. The number of benzene rings is 2. The monoisotopic (exact) mass is 502 g/mol. The fourth-order valence-corrected chi connectivity index (χ4v) is 3.63. The molecule has 1 N–H and O–H groups in total. The number of hydrogen-bond donors (Lipinski definition) is 1. The van der Waals surface area contributed by atoms with E-state index in [9.17, 15) is 9.59 Å². The number of nitrogens with zero attached hydrogens (tertiary/aromatic N) is 1. The molecule has 2 rings (SSSR count). The molecule has 0 aliphatic rings. The Morgan fingerprint density at radius 3 is 2.31 bits per heavy atom. The van der Waals surface area contributed by atoms with Crippen LogP contribution in [0.3, 0.4) is 0 Å². The van der Waals surface area contributed by atoms with Gasteiger partial charge in [0.05, 0.1) is 4.47 Å². The number of halogens is 1. The fraction of sp³-hybridized carbons (Fsp3) is 0.462. The van der Waals surface area contributed by atoms with Crippen LogP contribution in [0.4, 0.5) is 0 Å². The van der Waals surface area contributed by atoms with E-state index in [1.165, 1.54) is 5.56 Å². The summed E-state index contributed by atoms with van der Waals surface area (Å²) in [5.41, 5.74) is 2.14. The average Bonchev–Trinajstić information content (AvgIpc) is 2.75. The van der Waals surface area contributed by atoms with Crippen LogP contribution in [0.1, 0.15) is 59.1 Å². The number of amides is 2. The van der Waals surface area contributed by atoms with Crippen molar-refractivity contribution in [3.63, 3.8) is 0 Å². The minimum Gasteiger partial charge on any atom is -0.483 e. The molecule has 0 aliphatic heterocycles. The largest absolute Gasteiger partial charge is 0.483 e. The first-order valence-electron chi connectivity index (χ1n) is 11.1. The van der Waals surface area contributed by atoms with Gasteiger partial charge >= 0.3 is 0 Å². The van der Waals surface area contributed by atoms with Crippen molar-refractivity contribution in [2.24, 2.45) is 0 Å². The van der Waals surface area contributed by atoms with Crippen molar-refractivity contribution in [3.8, 4) is 5.75 Å². The second-order valence-corrected chi connectivity index (χ2v) is 10.0. The summed E-state index contributed by atoms with van der Waals surface area (Å²) in [5, 5.41) is 2.97. The van der Waals surface area contributed by atoms with E-state index in [2.05, 4.69) is 42.0 Å². The number of carbonyl (C=O) groups is 2. The molecule has 0 aromatic heterocycles. The second kappa shape index (κ2) is 11.5. The maximum absolute atomic E-state index is 13.2. The smallest absolute Gasteiger partial charge is 0.261 e.